The lowest BCUT2D eigenvalue weighted by Gasteiger charge is -2.21. The van der Waals surface area contributed by atoms with Crippen molar-refractivity contribution in [1.29, 1.82) is 0 Å². The Balaban J connectivity index is 1.79. The second-order valence-corrected chi connectivity index (χ2v) is 4.58. The summed E-state index contributed by atoms with van der Waals surface area (Å²) in [5, 5.41) is 3.10. The van der Waals surface area contributed by atoms with Crippen LogP contribution in [0.4, 0.5) is 0 Å². The number of hydrogen-bond acceptors (Lipinski definition) is 3. The van der Waals surface area contributed by atoms with Gasteiger partial charge in [-0.05, 0) is 24.6 Å². The SMILES string of the molecule is CCN(Cc1ccccc1)C(=O)CNCc1ccco1. The molecule has 1 amide bonds. The van der Waals surface area contributed by atoms with Crippen molar-refractivity contribution in [3.63, 3.8) is 0 Å². The van der Waals surface area contributed by atoms with Crippen molar-refractivity contribution in [1.82, 2.24) is 10.2 Å². The van der Waals surface area contributed by atoms with E-state index in [0.29, 0.717) is 26.2 Å². The minimum Gasteiger partial charge on any atom is -0.468 e. The maximum absolute atomic E-state index is 12.1. The Kier molecular flexibility index (Phi) is 5.38. The molecule has 1 aromatic heterocycles. The van der Waals surface area contributed by atoms with Gasteiger partial charge in [-0.2, -0.15) is 0 Å². The van der Waals surface area contributed by atoms with Crippen molar-refractivity contribution in [3.05, 3.63) is 60.1 Å². The summed E-state index contributed by atoms with van der Waals surface area (Å²) in [6, 6.07) is 13.8. The highest BCUT2D eigenvalue weighted by Crippen LogP contribution is 2.04. The second kappa shape index (κ2) is 7.50. The van der Waals surface area contributed by atoms with Crippen molar-refractivity contribution < 1.29 is 9.21 Å². The van der Waals surface area contributed by atoms with Crippen LogP contribution in [0.2, 0.25) is 0 Å². The molecule has 20 heavy (non-hydrogen) atoms. The lowest BCUT2D eigenvalue weighted by atomic mass is 10.2. The summed E-state index contributed by atoms with van der Waals surface area (Å²) in [7, 11) is 0. The van der Waals surface area contributed by atoms with Gasteiger partial charge in [-0.1, -0.05) is 30.3 Å². The Morgan fingerprint density at radius 2 is 2.00 bits per heavy atom. The van der Waals surface area contributed by atoms with E-state index in [-0.39, 0.29) is 5.91 Å². The fourth-order valence-electron chi connectivity index (χ4n) is 2.00. The molecule has 1 heterocycles. The van der Waals surface area contributed by atoms with Crippen LogP contribution in [0.15, 0.2) is 53.1 Å². The van der Waals surface area contributed by atoms with Crippen molar-refractivity contribution in [2.75, 3.05) is 13.1 Å². The van der Waals surface area contributed by atoms with E-state index in [9.17, 15) is 4.79 Å². The van der Waals surface area contributed by atoms with Crippen LogP contribution in [-0.2, 0) is 17.9 Å². The minimum absolute atomic E-state index is 0.0999. The van der Waals surface area contributed by atoms with Gasteiger partial charge in [-0.25, -0.2) is 0 Å². The summed E-state index contributed by atoms with van der Waals surface area (Å²) < 4.78 is 5.21. The smallest absolute Gasteiger partial charge is 0.236 e. The summed E-state index contributed by atoms with van der Waals surface area (Å²) in [4.78, 5) is 14.0. The normalized spacial score (nSPS) is 10.4. The van der Waals surface area contributed by atoms with Crippen LogP contribution in [0.5, 0.6) is 0 Å². The quantitative estimate of drug-likeness (QED) is 0.842. The van der Waals surface area contributed by atoms with Gasteiger partial charge in [0.1, 0.15) is 5.76 Å². The maximum Gasteiger partial charge on any atom is 0.236 e. The zero-order chi connectivity index (χ0) is 14.2. The van der Waals surface area contributed by atoms with Gasteiger partial charge in [-0.15, -0.1) is 0 Å². The first-order chi connectivity index (χ1) is 9.79. The molecule has 4 heteroatoms. The standard InChI is InChI=1S/C16H20N2O2/c1-2-18(13-14-7-4-3-5-8-14)16(19)12-17-11-15-9-6-10-20-15/h3-10,17H,2,11-13H2,1H3. The molecule has 1 N–H and O–H groups in total. The number of benzene rings is 1. The highest BCUT2D eigenvalue weighted by atomic mass is 16.3. The molecule has 2 aromatic rings. The van der Waals surface area contributed by atoms with Crippen LogP contribution in [0, 0.1) is 0 Å². The van der Waals surface area contributed by atoms with E-state index in [1.807, 2.05) is 54.3 Å². The molecular weight excluding hydrogens is 252 g/mol. The van der Waals surface area contributed by atoms with Gasteiger partial charge in [0.15, 0.2) is 0 Å². The summed E-state index contributed by atoms with van der Waals surface area (Å²) in [5.41, 5.74) is 1.15. The molecule has 0 aliphatic carbocycles. The molecule has 0 atom stereocenters. The number of carbonyl (C=O) groups excluding carboxylic acids is 1. The maximum atomic E-state index is 12.1. The van der Waals surface area contributed by atoms with Gasteiger partial charge in [0.25, 0.3) is 0 Å². The monoisotopic (exact) mass is 272 g/mol. The molecule has 0 aliphatic heterocycles. The number of amides is 1. The number of nitrogens with zero attached hydrogens (tertiary/aromatic N) is 1. The topological polar surface area (TPSA) is 45.5 Å². The fraction of sp³-hybridized carbons (Fsp3) is 0.312. The molecule has 0 spiro atoms. The molecule has 2 rings (SSSR count). The molecule has 0 aliphatic rings. The summed E-state index contributed by atoms with van der Waals surface area (Å²) >= 11 is 0. The van der Waals surface area contributed by atoms with E-state index in [0.717, 1.165) is 11.3 Å². The Labute approximate surface area is 119 Å². The van der Waals surface area contributed by atoms with E-state index in [4.69, 9.17) is 4.42 Å². The lowest BCUT2D eigenvalue weighted by Crippen LogP contribution is -2.37. The molecule has 1 aromatic carbocycles. The van der Waals surface area contributed by atoms with Gasteiger partial charge in [-0.3, -0.25) is 4.79 Å². The lowest BCUT2D eigenvalue weighted by molar-refractivity contribution is -0.130. The second-order valence-electron chi connectivity index (χ2n) is 4.58. The van der Waals surface area contributed by atoms with Crippen molar-refractivity contribution in [2.45, 2.75) is 20.0 Å². The first-order valence-corrected chi connectivity index (χ1v) is 6.84. The average molecular weight is 272 g/mol. The third-order valence-electron chi connectivity index (χ3n) is 3.11. The molecule has 0 saturated heterocycles. The van der Waals surface area contributed by atoms with E-state index >= 15 is 0 Å². The summed E-state index contributed by atoms with van der Waals surface area (Å²) in [5.74, 6) is 0.937. The molecule has 0 unspecified atom stereocenters. The van der Waals surface area contributed by atoms with Gasteiger partial charge >= 0.3 is 0 Å². The van der Waals surface area contributed by atoms with Crippen molar-refractivity contribution in [2.24, 2.45) is 0 Å². The third kappa shape index (κ3) is 4.24. The molecule has 0 bridgehead atoms. The number of likely N-dealkylation sites (N-methyl/N-ethyl adjacent to an activating group) is 1. The van der Waals surface area contributed by atoms with Gasteiger partial charge in [0.05, 0.1) is 19.4 Å². The van der Waals surface area contributed by atoms with Gasteiger partial charge < -0.3 is 14.6 Å². The van der Waals surface area contributed by atoms with Crippen LogP contribution >= 0.6 is 0 Å². The summed E-state index contributed by atoms with van der Waals surface area (Å²) in [6.07, 6.45) is 1.63. The van der Waals surface area contributed by atoms with Crippen LogP contribution in [0.1, 0.15) is 18.2 Å². The first kappa shape index (κ1) is 14.3. The van der Waals surface area contributed by atoms with E-state index < -0.39 is 0 Å². The number of carbonyl (C=O) groups is 1. The van der Waals surface area contributed by atoms with Crippen LogP contribution in [0.3, 0.4) is 0 Å². The highest BCUT2D eigenvalue weighted by molar-refractivity contribution is 5.78. The number of rotatable bonds is 7. The minimum atomic E-state index is 0.0999. The fourth-order valence-corrected chi connectivity index (χ4v) is 2.00. The van der Waals surface area contributed by atoms with Crippen molar-refractivity contribution >= 4 is 5.91 Å². The Hall–Kier alpha value is -2.07. The zero-order valence-electron chi connectivity index (χ0n) is 11.7. The van der Waals surface area contributed by atoms with Crippen LogP contribution in [-0.4, -0.2) is 23.9 Å². The number of furan rings is 1. The third-order valence-corrected chi connectivity index (χ3v) is 3.11. The van der Waals surface area contributed by atoms with E-state index in [2.05, 4.69) is 5.32 Å². The highest BCUT2D eigenvalue weighted by Gasteiger charge is 2.11. The van der Waals surface area contributed by atoms with Gasteiger partial charge in [0, 0.05) is 13.1 Å². The predicted molar refractivity (Wildman–Crippen MR) is 77.9 cm³/mol. The number of hydrogen-bond donors (Lipinski definition) is 1. The van der Waals surface area contributed by atoms with E-state index in [1.165, 1.54) is 0 Å². The Bertz CT molecular complexity index is 509. The molecule has 0 fully saturated rings. The predicted octanol–water partition coefficient (Wildman–Crippen LogP) is 2.42. The first-order valence-electron chi connectivity index (χ1n) is 6.84. The van der Waals surface area contributed by atoms with Gasteiger partial charge in [0.2, 0.25) is 5.91 Å². The Morgan fingerprint density at radius 1 is 1.20 bits per heavy atom. The molecule has 106 valence electrons. The van der Waals surface area contributed by atoms with Crippen LogP contribution in [0.25, 0.3) is 0 Å². The zero-order valence-corrected chi connectivity index (χ0v) is 11.7. The molecule has 4 nitrogen and oxygen atoms in total. The Morgan fingerprint density at radius 3 is 2.65 bits per heavy atom. The average Bonchev–Trinajstić information content (AvgIpc) is 2.99. The van der Waals surface area contributed by atoms with E-state index in [1.54, 1.807) is 6.26 Å². The molecular formula is C16H20N2O2. The number of nitrogens with one attached hydrogen (secondary N) is 1. The molecule has 0 radical (unpaired) electrons. The summed E-state index contributed by atoms with van der Waals surface area (Å²) in [6.45, 7) is 4.24. The molecule has 0 saturated carbocycles. The van der Waals surface area contributed by atoms with Crippen LogP contribution < -0.4 is 5.32 Å². The largest absolute Gasteiger partial charge is 0.468 e. The van der Waals surface area contributed by atoms with Crippen molar-refractivity contribution in [3.8, 4) is 0 Å².